The summed E-state index contributed by atoms with van der Waals surface area (Å²) in [4.78, 5) is 24.0. The molecule has 3 atom stereocenters. The number of rotatable bonds is 1. The number of esters is 2. The van der Waals surface area contributed by atoms with Crippen LogP contribution in [-0.4, -0.2) is 25.2 Å². The van der Waals surface area contributed by atoms with Crippen molar-refractivity contribution in [3.05, 3.63) is 12.2 Å². The maximum Gasteiger partial charge on any atom is 0.324 e. The van der Waals surface area contributed by atoms with Gasteiger partial charge in [-0.15, -0.1) is 0 Å². The first-order valence-corrected chi connectivity index (χ1v) is 5.63. The fourth-order valence-electron chi connectivity index (χ4n) is 3.73. The number of methoxy groups -OCH3 is 1. The molecule has 1 heterocycles. The molecule has 0 bridgehead atoms. The summed E-state index contributed by atoms with van der Waals surface area (Å²) in [6.07, 6.45) is 6.78. The zero-order valence-electron chi connectivity index (χ0n) is 9.19. The van der Waals surface area contributed by atoms with E-state index in [1.54, 1.807) is 0 Å². The van der Waals surface area contributed by atoms with Crippen LogP contribution in [0.5, 0.6) is 0 Å². The van der Waals surface area contributed by atoms with Gasteiger partial charge in [0.25, 0.3) is 0 Å². The Kier molecular flexibility index (Phi) is 1.77. The van der Waals surface area contributed by atoms with Gasteiger partial charge in [0.05, 0.1) is 7.11 Å². The Morgan fingerprint density at radius 3 is 3.12 bits per heavy atom. The summed E-state index contributed by atoms with van der Waals surface area (Å²) in [5.74, 6) is -0.799. The molecule has 0 aromatic rings. The lowest BCUT2D eigenvalue weighted by molar-refractivity contribution is -0.165. The molecule has 0 aromatic heterocycles. The molecule has 4 nitrogen and oxygen atoms in total. The summed E-state index contributed by atoms with van der Waals surface area (Å²) >= 11 is 0. The lowest BCUT2D eigenvalue weighted by Crippen LogP contribution is -2.46. The second-order valence-electron chi connectivity index (χ2n) is 4.86. The minimum absolute atomic E-state index is 0.221. The smallest absolute Gasteiger partial charge is 0.324 e. The molecule has 1 aliphatic heterocycles. The number of ether oxygens (including phenoxy) is 2. The van der Waals surface area contributed by atoms with Crippen molar-refractivity contribution in [2.45, 2.75) is 31.8 Å². The van der Waals surface area contributed by atoms with Crippen molar-refractivity contribution in [1.29, 1.82) is 0 Å². The third kappa shape index (κ3) is 0.794. The van der Waals surface area contributed by atoms with Crippen molar-refractivity contribution in [3.8, 4) is 0 Å². The highest BCUT2D eigenvalue weighted by Gasteiger charge is 2.74. The summed E-state index contributed by atoms with van der Waals surface area (Å²) in [5.41, 5.74) is -1.38. The molecule has 0 amide bonds. The van der Waals surface area contributed by atoms with Crippen LogP contribution in [-0.2, 0) is 19.1 Å². The molecule has 16 heavy (non-hydrogen) atoms. The van der Waals surface area contributed by atoms with Gasteiger partial charge in [0.2, 0.25) is 0 Å². The fourth-order valence-corrected chi connectivity index (χ4v) is 3.73. The third-order valence-corrected chi connectivity index (χ3v) is 4.48. The molecular formula is C12H14O4. The van der Waals surface area contributed by atoms with Crippen LogP contribution in [0.1, 0.15) is 25.7 Å². The Hall–Kier alpha value is -1.32. The van der Waals surface area contributed by atoms with Crippen LogP contribution < -0.4 is 0 Å². The number of carbonyl (C=O) groups is 2. The first-order valence-electron chi connectivity index (χ1n) is 5.63. The van der Waals surface area contributed by atoms with E-state index in [2.05, 4.69) is 0 Å². The molecule has 0 aromatic carbocycles. The van der Waals surface area contributed by atoms with Crippen LogP contribution in [0.25, 0.3) is 0 Å². The second-order valence-corrected chi connectivity index (χ2v) is 4.86. The van der Waals surface area contributed by atoms with Crippen molar-refractivity contribution < 1.29 is 19.1 Å². The van der Waals surface area contributed by atoms with E-state index < -0.39 is 11.4 Å². The monoisotopic (exact) mass is 222 g/mol. The molecular weight excluding hydrogens is 208 g/mol. The molecule has 3 aliphatic rings. The SMILES string of the molecule is COC(=O)[C@@]12CCC[C@@]13CC=C[C@H]3OC2=O. The number of allylic oxidation sites excluding steroid dienone is 1. The van der Waals surface area contributed by atoms with E-state index in [4.69, 9.17) is 9.47 Å². The standard InChI is InChI=1S/C12H14O4/c1-15-9(13)12-7-3-6-11(12)5-2-4-8(11)16-10(12)14/h2,4,8H,3,5-7H2,1H3/t8-,11-,12-/m1/s1. The molecule has 0 N–H and O–H groups in total. The van der Waals surface area contributed by atoms with Gasteiger partial charge in [-0.1, -0.05) is 12.5 Å². The van der Waals surface area contributed by atoms with Crippen molar-refractivity contribution in [1.82, 2.24) is 0 Å². The average molecular weight is 222 g/mol. The average Bonchev–Trinajstić information content (AvgIpc) is 2.88. The molecule has 1 spiro atoms. The molecule has 4 heteroatoms. The van der Waals surface area contributed by atoms with Gasteiger partial charge < -0.3 is 9.47 Å². The van der Waals surface area contributed by atoms with Crippen LogP contribution in [0, 0.1) is 10.8 Å². The van der Waals surface area contributed by atoms with Gasteiger partial charge in [-0.2, -0.15) is 0 Å². The van der Waals surface area contributed by atoms with E-state index in [1.165, 1.54) is 7.11 Å². The number of hydrogen-bond acceptors (Lipinski definition) is 4. The van der Waals surface area contributed by atoms with Crippen LogP contribution in [0.15, 0.2) is 12.2 Å². The summed E-state index contributed by atoms with van der Waals surface area (Å²) in [5, 5.41) is 0. The van der Waals surface area contributed by atoms with Crippen LogP contribution in [0.2, 0.25) is 0 Å². The Labute approximate surface area is 93.6 Å². The summed E-state index contributed by atoms with van der Waals surface area (Å²) in [7, 11) is 1.34. The minimum atomic E-state index is -1.03. The van der Waals surface area contributed by atoms with E-state index in [-0.39, 0.29) is 17.5 Å². The molecule has 0 unspecified atom stereocenters. The quantitative estimate of drug-likeness (QED) is 0.380. The topological polar surface area (TPSA) is 52.6 Å². The van der Waals surface area contributed by atoms with Crippen LogP contribution in [0.4, 0.5) is 0 Å². The zero-order valence-corrected chi connectivity index (χ0v) is 9.19. The highest BCUT2D eigenvalue weighted by atomic mass is 16.6. The van der Waals surface area contributed by atoms with E-state index in [0.717, 1.165) is 19.3 Å². The Morgan fingerprint density at radius 2 is 2.38 bits per heavy atom. The zero-order chi connectivity index (χ0) is 11.4. The van der Waals surface area contributed by atoms with E-state index in [1.807, 2.05) is 12.2 Å². The van der Waals surface area contributed by atoms with Crippen molar-refractivity contribution in [2.75, 3.05) is 7.11 Å². The van der Waals surface area contributed by atoms with Gasteiger partial charge in [-0.25, -0.2) is 0 Å². The highest BCUT2D eigenvalue weighted by Crippen LogP contribution is 2.65. The Morgan fingerprint density at radius 1 is 1.56 bits per heavy atom. The van der Waals surface area contributed by atoms with E-state index in [9.17, 15) is 9.59 Å². The summed E-state index contributed by atoms with van der Waals surface area (Å²) in [6.45, 7) is 0. The van der Waals surface area contributed by atoms with Gasteiger partial charge in [0.1, 0.15) is 6.10 Å². The first-order chi connectivity index (χ1) is 7.67. The van der Waals surface area contributed by atoms with Gasteiger partial charge >= 0.3 is 11.9 Å². The summed E-state index contributed by atoms with van der Waals surface area (Å²) < 4.78 is 10.2. The lowest BCUT2D eigenvalue weighted by Gasteiger charge is -2.32. The molecule has 1 saturated carbocycles. The maximum absolute atomic E-state index is 12.0. The van der Waals surface area contributed by atoms with E-state index in [0.29, 0.717) is 6.42 Å². The molecule has 3 rings (SSSR count). The van der Waals surface area contributed by atoms with Gasteiger partial charge in [0, 0.05) is 5.41 Å². The third-order valence-electron chi connectivity index (χ3n) is 4.48. The van der Waals surface area contributed by atoms with Crippen LogP contribution in [0.3, 0.4) is 0 Å². The maximum atomic E-state index is 12.0. The predicted molar refractivity (Wildman–Crippen MR) is 54.4 cm³/mol. The number of carbonyl (C=O) groups excluding carboxylic acids is 2. The normalized spacial score (nSPS) is 44.1. The molecule has 2 aliphatic carbocycles. The second kappa shape index (κ2) is 2.87. The van der Waals surface area contributed by atoms with Crippen LogP contribution >= 0.6 is 0 Å². The number of hydrogen-bond donors (Lipinski definition) is 0. The largest absolute Gasteiger partial charge is 0.468 e. The van der Waals surface area contributed by atoms with Crippen molar-refractivity contribution in [3.63, 3.8) is 0 Å². The first kappa shape index (κ1) is 9.87. The molecule has 86 valence electrons. The summed E-state index contributed by atoms with van der Waals surface area (Å²) in [6, 6.07) is 0. The van der Waals surface area contributed by atoms with Gasteiger partial charge in [-0.05, 0) is 25.3 Å². The highest BCUT2D eigenvalue weighted by molar-refractivity contribution is 6.03. The Balaban J connectivity index is 2.14. The predicted octanol–water partition coefficient (Wildman–Crippen LogP) is 1.20. The van der Waals surface area contributed by atoms with Crippen molar-refractivity contribution in [2.24, 2.45) is 10.8 Å². The molecule has 0 radical (unpaired) electrons. The molecule has 1 saturated heterocycles. The van der Waals surface area contributed by atoms with Crippen molar-refractivity contribution >= 4 is 11.9 Å². The lowest BCUT2D eigenvalue weighted by atomic mass is 9.64. The fraction of sp³-hybridized carbons (Fsp3) is 0.667. The van der Waals surface area contributed by atoms with Gasteiger partial charge in [-0.3, -0.25) is 9.59 Å². The van der Waals surface area contributed by atoms with E-state index >= 15 is 0 Å². The van der Waals surface area contributed by atoms with Gasteiger partial charge in [0.15, 0.2) is 5.41 Å². The Bertz CT molecular complexity index is 400. The molecule has 2 fully saturated rings. The minimum Gasteiger partial charge on any atom is -0.468 e.